The van der Waals surface area contributed by atoms with Crippen molar-refractivity contribution in [3.8, 4) is 5.75 Å². The van der Waals surface area contributed by atoms with Gasteiger partial charge in [-0.15, -0.1) is 0 Å². The molecule has 2 fully saturated rings. The second-order valence-electron chi connectivity index (χ2n) is 9.21. The zero-order valence-corrected chi connectivity index (χ0v) is 20.0. The monoisotopic (exact) mass is 464 g/mol. The number of ether oxygens (including phenoxy) is 1. The number of para-hydroxylation sites is 1. The third kappa shape index (κ3) is 6.95. The molecule has 1 N–H and O–H groups in total. The van der Waals surface area contributed by atoms with Crippen LogP contribution in [-0.4, -0.2) is 54.5 Å². The highest BCUT2D eigenvalue weighted by atomic mass is 16.5. The number of hydrogen-bond donors (Lipinski definition) is 1. The fraction of sp³-hybridized carbons (Fsp3) is 0.519. The Hall–Kier alpha value is -3.09. The third-order valence-electron chi connectivity index (χ3n) is 6.75. The Labute approximate surface area is 202 Å². The Kier molecular flexibility index (Phi) is 8.77. The van der Waals surface area contributed by atoms with Crippen LogP contribution in [0.5, 0.6) is 5.75 Å². The first-order valence-corrected chi connectivity index (χ1v) is 12.6. The highest BCUT2D eigenvalue weighted by Crippen LogP contribution is 2.20. The molecule has 0 atom stereocenters. The van der Waals surface area contributed by atoms with Crippen LogP contribution in [0.25, 0.3) is 0 Å². The van der Waals surface area contributed by atoms with Crippen LogP contribution in [0.15, 0.2) is 48.7 Å². The molecule has 3 heterocycles. The second-order valence-corrected chi connectivity index (χ2v) is 9.21. The van der Waals surface area contributed by atoms with Crippen molar-refractivity contribution in [1.29, 1.82) is 0 Å². The first kappa shape index (κ1) is 24.0. The first-order chi connectivity index (χ1) is 16.7. The van der Waals surface area contributed by atoms with Gasteiger partial charge in [0.15, 0.2) is 0 Å². The maximum atomic E-state index is 12.7. The van der Waals surface area contributed by atoms with Gasteiger partial charge in [-0.2, -0.15) is 0 Å². The zero-order chi connectivity index (χ0) is 23.6. The highest BCUT2D eigenvalue weighted by Gasteiger charge is 2.27. The molecular formula is C27H36N4O3. The van der Waals surface area contributed by atoms with E-state index in [-0.39, 0.29) is 17.7 Å². The normalized spacial score (nSPS) is 17.2. The lowest BCUT2D eigenvalue weighted by molar-refractivity contribution is -0.136. The molecule has 1 aromatic heterocycles. The number of nitrogens with zero attached hydrogens (tertiary/aromatic N) is 3. The van der Waals surface area contributed by atoms with Crippen molar-refractivity contribution in [3.05, 3.63) is 54.2 Å². The van der Waals surface area contributed by atoms with Crippen molar-refractivity contribution in [2.45, 2.75) is 51.5 Å². The number of nitrogens with one attached hydrogen (secondary N) is 1. The molecule has 0 saturated carbocycles. The quantitative estimate of drug-likeness (QED) is 0.644. The molecule has 4 rings (SSSR count). The minimum absolute atomic E-state index is 0.0473. The van der Waals surface area contributed by atoms with Crippen molar-refractivity contribution in [2.75, 3.05) is 37.7 Å². The van der Waals surface area contributed by atoms with Gasteiger partial charge in [-0.25, -0.2) is 4.98 Å². The predicted molar refractivity (Wildman–Crippen MR) is 133 cm³/mol. The van der Waals surface area contributed by atoms with Gasteiger partial charge < -0.3 is 19.9 Å². The Morgan fingerprint density at radius 3 is 2.35 bits per heavy atom. The van der Waals surface area contributed by atoms with Gasteiger partial charge in [0, 0.05) is 44.8 Å². The predicted octanol–water partition coefficient (Wildman–Crippen LogP) is 3.79. The lowest BCUT2D eigenvalue weighted by Crippen LogP contribution is -2.43. The number of anilines is 1. The van der Waals surface area contributed by atoms with E-state index in [1.807, 2.05) is 41.4 Å². The Bertz CT molecular complexity index is 903. The number of pyridine rings is 1. The summed E-state index contributed by atoms with van der Waals surface area (Å²) in [6.07, 6.45) is 8.68. The Morgan fingerprint density at radius 1 is 0.941 bits per heavy atom. The van der Waals surface area contributed by atoms with E-state index in [0.29, 0.717) is 45.5 Å². The number of carbonyl (C=O) groups is 2. The topological polar surface area (TPSA) is 74.8 Å². The maximum Gasteiger partial charge on any atom is 0.225 e. The fourth-order valence-electron chi connectivity index (χ4n) is 4.66. The summed E-state index contributed by atoms with van der Waals surface area (Å²) in [5.41, 5.74) is 1.01. The molecule has 0 radical (unpaired) electrons. The molecule has 2 saturated heterocycles. The van der Waals surface area contributed by atoms with Gasteiger partial charge in [-0.05, 0) is 49.4 Å². The summed E-state index contributed by atoms with van der Waals surface area (Å²) in [6, 6.07) is 13.7. The van der Waals surface area contributed by atoms with Crippen LogP contribution < -0.4 is 15.0 Å². The molecule has 0 spiro atoms. The molecule has 0 aliphatic carbocycles. The van der Waals surface area contributed by atoms with Crippen LogP contribution in [0.2, 0.25) is 0 Å². The van der Waals surface area contributed by atoms with Crippen LogP contribution in [0, 0.1) is 5.92 Å². The Morgan fingerprint density at radius 2 is 1.68 bits per heavy atom. The third-order valence-corrected chi connectivity index (χ3v) is 6.75. The molecule has 7 heteroatoms. The number of aromatic nitrogens is 1. The van der Waals surface area contributed by atoms with Crippen LogP contribution in [-0.2, 0) is 16.1 Å². The van der Waals surface area contributed by atoms with Gasteiger partial charge in [-0.1, -0.05) is 37.1 Å². The maximum absolute atomic E-state index is 12.7. The number of amides is 2. The lowest BCUT2D eigenvalue weighted by atomic mass is 9.95. The molecule has 0 unspecified atom stereocenters. The average molecular weight is 465 g/mol. The molecule has 2 aliphatic heterocycles. The van der Waals surface area contributed by atoms with Gasteiger partial charge in [0.05, 0.1) is 13.0 Å². The SMILES string of the molecule is O=C(NCc1ccc(N2CCCCCC2)nc1)C1CCN(C(=O)CCOc2ccccc2)CC1. The number of hydrogen-bond acceptors (Lipinski definition) is 5. The number of carbonyl (C=O) groups excluding carboxylic acids is 2. The summed E-state index contributed by atoms with van der Waals surface area (Å²) in [6.45, 7) is 4.24. The van der Waals surface area contributed by atoms with Gasteiger partial charge in [0.2, 0.25) is 11.8 Å². The van der Waals surface area contributed by atoms with E-state index in [2.05, 4.69) is 27.3 Å². The van der Waals surface area contributed by atoms with Crippen molar-refractivity contribution in [3.63, 3.8) is 0 Å². The molecule has 34 heavy (non-hydrogen) atoms. The van der Waals surface area contributed by atoms with Crippen LogP contribution in [0.3, 0.4) is 0 Å². The molecule has 2 aromatic rings. The van der Waals surface area contributed by atoms with Crippen LogP contribution >= 0.6 is 0 Å². The lowest BCUT2D eigenvalue weighted by Gasteiger charge is -2.31. The standard InChI is InChI=1S/C27H36N4O3/c32-26(14-19-34-24-8-4-3-5-9-24)31-17-12-23(13-18-31)27(33)29-21-22-10-11-25(28-20-22)30-15-6-1-2-7-16-30/h3-5,8-11,20,23H,1-2,6-7,12-19,21H2,(H,29,33). The van der Waals surface area contributed by atoms with Crippen molar-refractivity contribution >= 4 is 17.6 Å². The van der Waals surface area contributed by atoms with Crippen LogP contribution in [0.4, 0.5) is 5.82 Å². The number of rotatable bonds is 8. The van der Waals surface area contributed by atoms with E-state index in [1.165, 1.54) is 25.7 Å². The van der Waals surface area contributed by atoms with Gasteiger partial charge in [0.25, 0.3) is 0 Å². The zero-order valence-electron chi connectivity index (χ0n) is 20.0. The largest absolute Gasteiger partial charge is 0.493 e. The number of piperidine rings is 1. The second kappa shape index (κ2) is 12.4. The molecular weight excluding hydrogens is 428 g/mol. The Balaban J connectivity index is 1.15. The molecule has 1 aromatic carbocycles. The van der Waals surface area contributed by atoms with E-state index in [9.17, 15) is 9.59 Å². The number of benzene rings is 1. The van der Waals surface area contributed by atoms with Crippen molar-refractivity contribution in [2.24, 2.45) is 5.92 Å². The molecule has 2 amide bonds. The minimum atomic E-state index is -0.0473. The van der Waals surface area contributed by atoms with Gasteiger partial charge >= 0.3 is 0 Å². The van der Waals surface area contributed by atoms with E-state index in [0.717, 1.165) is 30.2 Å². The van der Waals surface area contributed by atoms with E-state index in [1.54, 1.807) is 0 Å². The summed E-state index contributed by atoms with van der Waals surface area (Å²) in [5, 5.41) is 3.06. The van der Waals surface area contributed by atoms with Crippen molar-refractivity contribution in [1.82, 2.24) is 15.2 Å². The van der Waals surface area contributed by atoms with E-state index >= 15 is 0 Å². The van der Waals surface area contributed by atoms with Gasteiger partial charge in [-0.3, -0.25) is 9.59 Å². The fourth-order valence-corrected chi connectivity index (χ4v) is 4.66. The summed E-state index contributed by atoms with van der Waals surface area (Å²) in [5.74, 6) is 1.91. The van der Waals surface area contributed by atoms with E-state index < -0.39 is 0 Å². The average Bonchev–Trinajstić information content (AvgIpc) is 3.18. The molecule has 7 nitrogen and oxygen atoms in total. The first-order valence-electron chi connectivity index (χ1n) is 12.6. The van der Waals surface area contributed by atoms with E-state index in [4.69, 9.17) is 4.74 Å². The summed E-state index contributed by atoms with van der Waals surface area (Å²) in [4.78, 5) is 34.0. The smallest absolute Gasteiger partial charge is 0.225 e. The van der Waals surface area contributed by atoms with Crippen LogP contribution in [0.1, 0.15) is 50.5 Å². The summed E-state index contributed by atoms with van der Waals surface area (Å²) >= 11 is 0. The minimum Gasteiger partial charge on any atom is -0.493 e. The molecule has 2 aliphatic rings. The highest BCUT2D eigenvalue weighted by molar-refractivity contribution is 5.80. The summed E-state index contributed by atoms with van der Waals surface area (Å²) < 4.78 is 5.63. The van der Waals surface area contributed by atoms with Gasteiger partial charge in [0.1, 0.15) is 11.6 Å². The number of likely N-dealkylation sites (tertiary alicyclic amines) is 1. The molecule has 182 valence electrons. The summed E-state index contributed by atoms with van der Waals surface area (Å²) in [7, 11) is 0. The molecule has 0 bridgehead atoms. The van der Waals surface area contributed by atoms with Crippen molar-refractivity contribution < 1.29 is 14.3 Å².